The van der Waals surface area contributed by atoms with Crippen LogP contribution in [0.5, 0.6) is 0 Å². The summed E-state index contributed by atoms with van der Waals surface area (Å²) in [7, 11) is 1.84. The fourth-order valence-electron chi connectivity index (χ4n) is 3.27. The summed E-state index contributed by atoms with van der Waals surface area (Å²) in [6, 6.07) is 5.06. The Morgan fingerprint density at radius 2 is 1.90 bits per heavy atom. The molecule has 162 valence electrons. The van der Waals surface area contributed by atoms with Crippen LogP contribution in [0.2, 0.25) is 0 Å². The van der Waals surface area contributed by atoms with Crippen LogP contribution in [-0.4, -0.2) is 34.7 Å². The van der Waals surface area contributed by atoms with Gasteiger partial charge in [-0.05, 0) is 24.1 Å². The monoisotopic (exact) mass is 431 g/mol. The molecule has 0 radical (unpaired) electrons. The molecule has 3 aromatic heterocycles. The third-order valence-corrected chi connectivity index (χ3v) is 4.81. The predicted molar refractivity (Wildman–Crippen MR) is 109 cm³/mol. The zero-order chi connectivity index (χ0) is 22.3. The highest BCUT2D eigenvalue weighted by Gasteiger charge is 2.35. The van der Waals surface area contributed by atoms with E-state index in [0.717, 1.165) is 17.1 Å². The smallest absolute Gasteiger partial charge is 0.368 e. The fraction of sp³-hybridized carbons (Fsp3) is 0.316. The van der Waals surface area contributed by atoms with E-state index in [1.807, 2.05) is 39.1 Å². The molecule has 12 heteroatoms. The van der Waals surface area contributed by atoms with Crippen molar-refractivity contribution in [2.45, 2.75) is 26.1 Å². The van der Waals surface area contributed by atoms with E-state index < -0.39 is 18.0 Å². The van der Waals surface area contributed by atoms with Crippen molar-refractivity contribution < 1.29 is 13.2 Å². The van der Waals surface area contributed by atoms with Crippen molar-refractivity contribution in [3.63, 3.8) is 0 Å². The third kappa shape index (κ3) is 4.13. The highest BCUT2D eigenvalue weighted by Crippen LogP contribution is 2.30. The lowest BCUT2D eigenvalue weighted by atomic mass is 10.0. The Balaban J connectivity index is 1.67. The topological polar surface area (TPSA) is 123 Å². The Hall–Kier alpha value is -3.70. The minimum Gasteiger partial charge on any atom is -0.368 e. The van der Waals surface area contributed by atoms with Gasteiger partial charge in [0.15, 0.2) is 5.82 Å². The number of benzene rings is 1. The molecular weight excluding hydrogens is 411 g/mol. The Kier molecular flexibility index (Phi) is 4.99. The van der Waals surface area contributed by atoms with E-state index in [1.165, 1.54) is 0 Å². The van der Waals surface area contributed by atoms with Crippen molar-refractivity contribution in [1.82, 2.24) is 34.7 Å². The van der Waals surface area contributed by atoms with Gasteiger partial charge >= 0.3 is 6.18 Å². The molecule has 3 heterocycles. The van der Waals surface area contributed by atoms with Crippen LogP contribution < -0.4 is 11.1 Å². The Labute approximate surface area is 174 Å². The first kappa shape index (κ1) is 20.6. The molecule has 4 aromatic rings. The zero-order valence-electron chi connectivity index (χ0n) is 16.9. The molecule has 0 fully saturated rings. The number of nitrogens with zero attached hydrogens (tertiary/aromatic N) is 6. The van der Waals surface area contributed by atoms with E-state index in [2.05, 4.69) is 35.3 Å². The molecule has 0 unspecified atom stereocenters. The van der Waals surface area contributed by atoms with E-state index in [1.54, 1.807) is 10.9 Å². The van der Waals surface area contributed by atoms with E-state index in [-0.39, 0.29) is 23.5 Å². The van der Waals surface area contributed by atoms with Gasteiger partial charge in [-0.15, -0.1) is 0 Å². The summed E-state index contributed by atoms with van der Waals surface area (Å²) in [4.78, 5) is 18.5. The summed E-state index contributed by atoms with van der Waals surface area (Å²) in [5.74, 6) is -0.688. The van der Waals surface area contributed by atoms with Crippen molar-refractivity contribution in [1.29, 1.82) is 0 Å². The molecule has 31 heavy (non-hydrogen) atoms. The molecule has 0 saturated heterocycles. The van der Waals surface area contributed by atoms with Gasteiger partial charge in [-0.25, -0.2) is 4.98 Å². The van der Waals surface area contributed by atoms with Gasteiger partial charge < -0.3 is 16.0 Å². The SMILES string of the molecule is CC(C)[C@@H](Nc1nc(N)nc(-c2ccc3c(cnn3C)c2)n1)c1cnc(C(F)(F)F)[nH]1. The number of imidazole rings is 1. The number of hydrogen-bond donors (Lipinski definition) is 3. The largest absolute Gasteiger partial charge is 0.449 e. The molecule has 1 aromatic carbocycles. The molecule has 1 atom stereocenters. The van der Waals surface area contributed by atoms with Crippen LogP contribution in [0, 0.1) is 5.92 Å². The molecule has 4 N–H and O–H groups in total. The molecular formula is C19H20F3N9. The predicted octanol–water partition coefficient (Wildman–Crippen LogP) is 3.56. The molecule has 4 rings (SSSR count). The maximum atomic E-state index is 12.9. The molecule has 0 saturated carbocycles. The minimum atomic E-state index is -4.56. The van der Waals surface area contributed by atoms with Crippen LogP contribution in [0.4, 0.5) is 25.1 Å². The number of nitrogens with two attached hydrogens (primary N) is 1. The van der Waals surface area contributed by atoms with Crippen molar-refractivity contribution in [2.24, 2.45) is 13.0 Å². The number of aryl methyl sites for hydroxylation is 1. The van der Waals surface area contributed by atoms with Gasteiger partial charge in [-0.2, -0.15) is 33.2 Å². The second-order valence-electron chi connectivity index (χ2n) is 7.43. The Bertz CT molecular complexity index is 1230. The molecule has 0 bridgehead atoms. The third-order valence-electron chi connectivity index (χ3n) is 4.81. The summed E-state index contributed by atoms with van der Waals surface area (Å²) in [5.41, 5.74) is 7.80. The number of hydrogen-bond acceptors (Lipinski definition) is 7. The van der Waals surface area contributed by atoms with Gasteiger partial charge in [0.2, 0.25) is 17.7 Å². The fourth-order valence-corrected chi connectivity index (χ4v) is 3.27. The van der Waals surface area contributed by atoms with Gasteiger partial charge in [0, 0.05) is 18.0 Å². The summed E-state index contributed by atoms with van der Waals surface area (Å²) >= 11 is 0. The quantitative estimate of drug-likeness (QED) is 0.441. The minimum absolute atomic E-state index is 0.0121. The van der Waals surface area contributed by atoms with E-state index in [0.29, 0.717) is 11.4 Å². The first-order valence-corrected chi connectivity index (χ1v) is 9.44. The number of nitrogens with one attached hydrogen (secondary N) is 2. The molecule has 0 spiro atoms. The zero-order valence-corrected chi connectivity index (χ0v) is 16.9. The van der Waals surface area contributed by atoms with Crippen LogP contribution in [0.15, 0.2) is 30.6 Å². The van der Waals surface area contributed by atoms with Gasteiger partial charge in [-0.3, -0.25) is 4.68 Å². The van der Waals surface area contributed by atoms with Gasteiger partial charge in [0.25, 0.3) is 0 Å². The summed E-state index contributed by atoms with van der Waals surface area (Å²) in [6.07, 6.45) is -1.68. The maximum Gasteiger partial charge on any atom is 0.449 e. The van der Waals surface area contributed by atoms with Crippen LogP contribution in [-0.2, 0) is 13.2 Å². The summed E-state index contributed by atoms with van der Waals surface area (Å²) in [5, 5.41) is 8.18. The average molecular weight is 431 g/mol. The van der Waals surface area contributed by atoms with Crippen molar-refractivity contribution >= 4 is 22.8 Å². The highest BCUT2D eigenvalue weighted by molar-refractivity contribution is 5.83. The van der Waals surface area contributed by atoms with E-state index in [4.69, 9.17) is 5.73 Å². The van der Waals surface area contributed by atoms with Gasteiger partial charge in [-0.1, -0.05) is 13.8 Å². The Morgan fingerprint density at radius 3 is 2.58 bits per heavy atom. The first-order valence-electron chi connectivity index (χ1n) is 9.44. The summed E-state index contributed by atoms with van der Waals surface area (Å²) < 4.78 is 40.5. The first-order chi connectivity index (χ1) is 14.6. The number of anilines is 2. The number of alkyl halides is 3. The number of aromatic nitrogens is 7. The normalized spacial score (nSPS) is 13.1. The standard InChI is InChI=1S/C19H20F3N9/c1-9(2)14(12-8-24-16(26-12)19(20,21)22)27-18-29-15(28-17(23)30-18)10-4-5-13-11(6-10)7-25-31(13)3/h4-9,14H,1-3H3,(H,24,26)(H3,23,27,28,29,30)/t14-/m1/s1. The second-order valence-corrected chi connectivity index (χ2v) is 7.43. The van der Waals surface area contributed by atoms with Crippen LogP contribution in [0.3, 0.4) is 0 Å². The maximum absolute atomic E-state index is 12.9. The van der Waals surface area contributed by atoms with Gasteiger partial charge in [0.1, 0.15) is 0 Å². The van der Waals surface area contributed by atoms with E-state index in [9.17, 15) is 13.2 Å². The molecule has 9 nitrogen and oxygen atoms in total. The highest BCUT2D eigenvalue weighted by atomic mass is 19.4. The lowest BCUT2D eigenvalue weighted by Crippen LogP contribution is -2.20. The number of H-pyrrole nitrogens is 1. The average Bonchev–Trinajstić information content (AvgIpc) is 3.32. The number of fused-ring (bicyclic) bond motifs is 1. The Morgan fingerprint density at radius 1 is 1.13 bits per heavy atom. The lowest BCUT2D eigenvalue weighted by Gasteiger charge is -2.21. The van der Waals surface area contributed by atoms with Crippen molar-refractivity contribution in [2.75, 3.05) is 11.1 Å². The molecule has 0 aliphatic carbocycles. The lowest BCUT2D eigenvalue weighted by molar-refractivity contribution is -0.144. The van der Waals surface area contributed by atoms with Crippen LogP contribution in [0.25, 0.3) is 22.3 Å². The van der Waals surface area contributed by atoms with E-state index >= 15 is 0 Å². The number of halogens is 3. The molecule has 0 aliphatic rings. The molecule has 0 aliphatic heterocycles. The number of aromatic amines is 1. The molecule has 0 amide bonds. The number of nitrogen functional groups attached to an aromatic ring is 1. The van der Waals surface area contributed by atoms with Gasteiger partial charge in [0.05, 0.1) is 29.6 Å². The second kappa shape index (κ2) is 7.52. The van der Waals surface area contributed by atoms with Crippen molar-refractivity contribution in [3.8, 4) is 11.4 Å². The van der Waals surface area contributed by atoms with Crippen molar-refractivity contribution in [3.05, 3.63) is 42.1 Å². The number of rotatable bonds is 5. The van der Waals surface area contributed by atoms with Crippen LogP contribution >= 0.6 is 0 Å². The summed E-state index contributed by atoms with van der Waals surface area (Å²) in [6.45, 7) is 3.71. The van der Waals surface area contributed by atoms with Crippen LogP contribution in [0.1, 0.15) is 31.4 Å².